The molecule has 0 saturated carbocycles. The van der Waals surface area contributed by atoms with Gasteiger partial charge in [-0.1, -0.05) is 60.7 Å². The zero-order valence-corrected chi connectivity index (χ0v) is 16.9. The first-order valence-electron chi connectivity index (χ1n) is 9.42. The summed E-state index contributed by atoms with van der Waals surface area (Å²) in [7, 11) is 0. The fraction of sp³-hybridized carbons (Fsp3) is 0.0417. The summed E-state index contributed by atoms with van der Waals surface area (Å²) in [5.74, 6) is -0.697. The van der Waals surface area contributed by atoms with Crippen LogP contribution in [0.15, 0.2) is 89.3 Å². The van der Waals surface area contributed by atoms with Gasteiger partial charge in [0.1, 0.15) is 0 Å². The maximum atomic E-state index is 12.3. The molecule has 0 aliphatic carbocycles. The van der Waals surface area contributed by atoms with Crippen LogP contribution in [-0.4, -0.2) is 24.6 Å². The largest absolute Gasteiger partial charge is 0.343 e. The Bertz CT molecular complexity index is 1200. The van der Waals surface area contributed by atoms with E-state index < -0.39 is 0 Å². The predicted octanol–water partition coefficient (Wildman–Crippen LogP) is 4.45. The van der Waals surface area contributed by atoms with Crippen LogP contribution in [0.3, 0.4) is 0 Å². The zero-order chi connectivity index (χ0) is 20.8. The number of hydrogen-bond acceptors (Lipinski definition) is 4. The second kappa shape index (κ2) is 9.15. The number of nitrogens with one attached hydrogen (secondary N) is 2. The lowest BCUT2D eigenvalue weighted by Gasteiger charge is -2.06. The standard InChI is InChI=1S/C24H19N3O2S/c28-23(27-26-14-20-16-30-22-9-5-4-8-21(20)22)15-25-24(29)19-12-10-18(11-13-19)17-6-2-1-3-7-17/h1-14,16H,15H2,(H,25,29)(H,27,28). The van der Waals surface area contributed by atoms with E-state index in [0.717, 1.165) is 26.8 Å². The Kier molecular flexibility index (Phi) is 5.96. The van der Waals surface area contributed by atoms with Crippen LogP contribution in [0.1, 0.15) is 15.9 Å². The van der Waals surface area contributed by atoms with E-state index in [0.29, 0.717) is 5.56 Å². The van der Waals surface area contributed by atoms with E-state index in [1.807, 2.05) is 72.1 Å². The molecular weight excluding hydrogens is 394 g/mol. The number of carbonyl (C=O) groups excluding carboxylic acids is 2. The summed E-state index contributed by atoms with van der Waals surface area (Å²) in [4.78, 5) is 24.2. The Hall–Kier alpha value is -3.77. The third-order valence-corrected chi connectivity index (χ3v) is 5.55. The van der Waals surface area contributed by atoms with Gasteiger partial charge < -0.3 is 5.32 Å². The van der Waals surface area contributed by atoms with Crippen LogP contribution in [0, 0.1) is 0 Å². The Morgan fingerprint density at radius 3 is 2.37 bits per heavy atom. The minimum Gasteiger partial charge on any atom is -0.343 e. The number of hydrogen-bond donors (Lipinski definition) is 2. The van der Waals surface area contributed by atoms with Crippen molar-refractivity contribution >= 4 is 39.5 Å². The number of carbonyl (C=O) groups is 2. The van der Waals surface area contributed by atoms with Gasteiger partial charge in [-0.3, -0.25) is 9.59 Å². The van der Waals surface area contributed by atoms with Gasteiger partial charge in [0.25, 0.3) is 11.8 Å². The molecule has 4 rings (SSSR count). The second-order valence-electron chi connectivity index (χ2n) is 6.61. The van der Waals surface area contributed by atoms with Gasteiger partial charge in [-0.15, -0.1) is 11.3 Å². The highest BCUT2D eigenvalue weighted by Gasteiger charge is 2.08. The van der Waals surface area contributed by atoms with Crippen molar-refractivity contribution in [3.05, 3.63) is 95.4 Å². The van der Waals surface area contributed by atoms with Gasteiger partial charge in [0.15, 0.2) is 0 Å². The van der Waals surface area contributed by atoms with E-state index in [1.165, 1.54) is 0 Å². The van der Waals surface area contributed by atoms with Crippen molar-refractivity contribution < 1.29 is 9.59 Å². The fourth-order valence-corrected chi connectivity index (χ4v) is 3.93. The van der Waals surface area contributed by atoms with Crippen LogP contribution in [-0.2, 0) is 4.79 Å². The summed E-state index contributed by atoms with van der Waals surface area (Å²) < 4.78 is 1.16. The van der Waals surface area contributed by atoms with Gasteiger partial charge in [-0.25, -0.2) is 5.43 Å². The van der Waals surface area contributed by atoms with Gasteiger partial charge >= 0.3 is 0 Å². The first-order chi connectivity index (χ1) is 14.7. The zero-order valence-electron chi connectivity index (χ0n) is 16.0. The van der Waals surface area contributed by atoms with E-state index in [2.05, 4.69) is 15.8 Å². The SMILES string of the molecule is O=C(CNC(=O)c1ccc(-c2ccccc2)cc1)NN=Cc1csc2ccccc12. The van der Waals surface area contributed by atoms with Gasteiger partial charge in [0.2, 0.25) is 0 Å². The van der Waals surface area contributed by atoms with Gasteiger partial charge in [-0.05, 0) is 29.3 Å². The maximum Gasteiger partial charge on any atom is 0.259 e. The number of thiophene rings is 1. The molecule has 0 aliphatic heterocycles. The molecule has 2 amide bonds. The minimum atomic E-state index is -0.389. The maximum absolute atomic E-state index is 12.3. The van der Waals surface area contributed by atoms with Crippen LogP contribution < -0.4 is 10.7 Å². The number of amides is 2. The van der Waals surface area contributed by atoms with Crippen molar-refractivity contribution in [2.45, 2.75) is 0 Å². The highest BCUT2D eigenvalue weighted by molar-refractivity contribution is 7.17. The molecule has 0 spiro atoms. The van der Waals surface area contributed by atoms with Crippen LogP contribution in [0.2, 0.25) is 0 Å². The fourth-order valence-electron chi connectivity index (χ4n) is 3.02. The van der Waals surface area contributed by atoms with Crippen molar-refractivity contribution in [1.29, 1.82) is 0 Å². The molecule has 0 saturated heterocycles. The van der Waals surface area contributed by atoms with Gasteiger partial charge in [-0.2, -0.15) is 5.10 Å². The average molecular weight is 414 g/mol. The average Bonchev–Trinajstić information content (AvgIpc) is 3.21. The van der Waals surface area contributed by atoms with Crippen molar-refractivity contribution in [2.24, 2.45) is 5.10 Å². The van der Waals surface area contributed by atoms with Crippen molar-refractivity contribution in [2.75, 3.05) is 6.54 Å². The predicted molar refractivity (Wildman–Crippen MR) is 122 cm³/mol. The summed E-state index contributed by atoms with van der Waals surface area (Å²) in [6.45, 7) is -0.152. The molecule has 6 heteroatoms. The molecule has 1 heterocycles. The molecule has 0 unspecified atom stereocenters. The molecule has 3 aromatic carbocycles. The number of benzene rings is 3. The molecule has 0 fully saturated rings. The lowest BCUT2D eigenvalue weighted by molar-refractivity contribution is -0.120. The normalized spacial score (nSPS) is 10.9. The van der Waals surface area contributed by atoms with E-state index >= 15 is 0 Å². The molecule has 148 valence electrons. The van der Waals surface area contributed by atoms with Crippen molar-refractivity contribution in [1.82, 2.24) is 10.7 Å². The van der Waals surface area contributed by atoms with E-state index in [1.54, 1.807) is 29.7 Å². The highest BCUT2D eigenvalue weighted by atomic mass is 32.1. The highest BCUT2D eigenvalue weighted by Crippen LogP contribution is 2.24. The Labute approximate surface area is 178 Å². The molecule has 30 heavy (non-hydrogen) atoms. The molecule has 1 aromatic heterocycles. The molecule has 0 bridgehead atoms. The van der Waals surface area contributed by atoms with Crippen LogP contribution >= 0.6 is 11.3 Å². The second-order valence-corrected chi connectivity index (χ2v) is 7.52. The summed E-state index contributed by atoms with van der Waals surface area (Å²) in [6.07, 6.45) is 1.61. The Morgan fingerprint density at radius 2 is 1.57 bits per heavy atom. The van der Waals surface area contributed by atoms with Gasteiger partial charge in [0.05, 0.1) is 12.8 Å². The van der Waals surface area contributed by atoms with E-state index in [4.69, 9.17) is 0 Å². The van der Waals surface area contributed by atoms with Crippen molar-refractivity contribution in [3.8, 4) is 11.1 Å². The number of fused-ring (bicyclic) bond motifs is 1. The number of rotatable bonds is 6. The molecule has 0 atom stereocenters. The smallest absolute Gasteiger partial charge is 0.259 e. The van der Waals surface area contributed by atoms with E-state index in [9.17, 15) is 9.59 Å². The molecule has 4 aromatic rings. The van der Waals surface area contributed by atoms with Crippen LogP contribution in [0.25, 0.3) is 21.2 Å². The van der Waals surface area contributed by atoms with Crippen LogP contribution in [0.5, 0.6) is 0 Å². The lowest BCUT2D eigenvalue weighted by Crippen LogP contribution is -2.34. The molecular formula is C24H19N3O2S. The summed E-state index contributed by atoms with van der Waals surface area (Å²) in [6, 6.07) is 25.2. The summed E-state index contributed by atoms with van der Waals surface area (Å²) in [5, 5.41) is 9.68. The number of nitrogens with zero attached hydrogens (tertiary/aromatic N) is 1. The van der Waals surface area contributed by atoms with Crippen molar-refractivity contribution in [3.63, 3.8) is 0 Å². The third-order valence-electron chi connectivity index (χ3n) is 4.57. The van der Waals surface area contributed by atoms with Gasteiger partial charge in [0, 0.05) is 26.6 Å². The molecule has 0 radical (unpaired) electrons. The quantitative estimate of drug-likeness (QED) is 0.362. The topological polar surface area (TPSA) is 70.6 Å². The molecule has 5 nitrogen and oxygen atoms in total. The first kappa shape index (κ1) is 19.5. The monoisotopic (exact) mass is 413 g/mol. The third kappa shape index (κ3) is 4.61. The number of hydrazone groups is 1. The summed E-state index contributed by atoms with van der Waals surface area (Å²) >= 11 is 1.62. The molecule has 0 aliphatic rings. The van der Waals surface area contributed by atoms with E-state index in [-0.39, 0.29) is 18.4 Å². The van der Waals surface area contributed by atoms with Crippen LogP contribution in [0.4, 0.5) is 0 Å². The summed E-state index contributed by atoms with van der Waals surface area (Å²) in [5.41, 5.74) is 5.99. The first-order valence-corrected chi connectivity index (χ1v) is 10.3. The Balaban J connectivity index is 1.29. The Morgan fingerprint density at radius 1 is 0.867 bits per heavy atom. The lowest BCUT2D eigenvalue weighted by atomic mass is 10.0. The molecule has 2 N–H and O–H groups in total. The minimum absolute atomic E-state index is 0.152.